The summed E-state index contributed by atoms with van der Waals surface area (Å²) in [4.78, 5) is 15.0. The van der Waals surface area contributed by atoms with Crippen molar-refractivity contribution in [3.63, 3.8) is 0 Å². The van der Waals surface area contributed by atoms with E-state index in [0.717, 1.165) is 27.8 Å². The van der Waals surface area contributed by atoms with E-state index in [2.05, 4.69) is 93.6 Å². The number of aromatic nitrogens is 3. The monoisotopic (exact) mass is 697 g/mol. The maximum atomic E-state index is 7.03. The molecule has 10 aromatic carbocycles. The quantitative estimate of drug-likeness (QED) is 0.136. The van der Waals surface area contributed by atoms with Crippen LogP contribution in [-0.2, 0) is 5.41 Å². The molecule has 0 unspecified atom stereocenters. The van der Waals surface area contributed by atoms with Crippen LogP contribution in [-0.4, -0.2) is 15.0 Å². The number of halogens is 1. The Morgan fingerprint density at radius 2 is 0.849 bits per heavy atom. The van der Waals surface area contributed by atoms with Gasteiger partial charge in [0.25, 0.3) is 0 Å². The van der Waals surface area contributed by atoms with Gasteiger partial charge in [-0.05, 0) is 117 Å². The zero-order valence-corrected chi connectivity index (χ0v) is 30.3. The van der Waals surface area contributed by atoms with Crippen molar-refractivity contribution in [1.29, 1.82) is 0 Å². The van der Waals surface area contributed by atoms with Gasteiger partial charge in [0.1, 0.15) is 0 Å². The van der Waals surface area contributed by atoms with Gasteiger partial charge in [-0.15, -0.1) is 0 Å². The van der Waals surface area contributed by atoms with Crippen molar-refractivity contribution in [3.05, 3.63) is 150 Å². The van der Waals surface area contributed by atoms with Gasteiger partial charge in [0.2, 0.25) is 0 Å². The van der Waals surface area contributed by atoms with Gasteiger partial charge in [-0.25, -0.2) is 15.0 Å². The van der Waals surface area contributed by atoms with E-state index in [-0.39, 0.29) is 5.41 Å². The molecule has 0 bridgehead atoms. The third kappa shape index (κ3) is 4.51. The zero-order chi connectivity index (χ0) is 35.6. The Labute approximate surface area is 311 Å². The summed E-state index contributed by atoms with van der Waals surface area (Å²) < 4.78 is 0. The molecule has 0 N–H and O–H groups in total. The Balaban J connectivity index is 1.20. The highest BCUT2D eigenvalue weighted by Crippen LogP contribution is 2.52. The summed E-state index contributed by atoms with van der Waals surface area (Å²) in [5.41, 5.74) is 6.26. The average molecular weight is 698 g/mol. The van der Waals surface area contributed by atoms with E-state index in [0.29, 0.717) is 22.5 Å². The first-order chi connectivity index (χ1) is 25.8. The van der Waals surface area contributed by atoms with Crippen LogP contribution in [0.2, 0.25) is 5.02 Å². The maximum absolute atomic E-state index is 7.03. The third-order valence-corrected chi connectivity index (χ3v) is 11.3. The molecule has 0 saturated heterocycles. The minimum atomic E-state index is 0.00734. The number of benzene rings is 10. The molecule has 53 heavy (non-hydrogen) atoms. The van der Waals surface area contributed by atoms with Crippen molar-refractivity contribution >= 4 is 76.2 Å². The van der Waals surface area contributed by atoms with Crippen LogP contribution >= 0.6 is 11.6 Å². The molecule has 0 radical (unpaired) electrons. The fourth-order valence-corrected chi connectivity index (χ4v) is 8.99. The Bertz CT molecular complexity index is 3120. The van der Waals surface area contributed by atoms with Gasteiger partial charge in [-0.2, -0.15) is 0 Å². The lowest BCUT2D eigenvalue weighted by Crippen LogP contribution is -2.12. The Kier molecular flexibility index (Phi) is 6.28. The van der Waals surface area contributed by atoms with Gasteiger partial charge in [0.05, 0.1) is 0 Å². The second-order valence-electron chi connectivity index (χ2n) is 15.4. The predicted octanol–water partition coefficient (Wildman–Crippen LogP) is 13.7. The largest absolute Gasteiger partial charge is 0.208 e. The van der Waals surface area contributed by atoms with E-state index in [1.165, 1.54) is 70.2 Å². The zero-order valence-electron chi connectivity index (χ0n) is 29.5. The fourth-order valence-electron chi connectivity index (χ4n) is 8.75. The molecule has 3 nitrogen and oxygen atoms in total. The molecule has 0 aliphatic rings. The predicted molar refractivity (Wildman–Crippen MR) is 224 cm³/mol. The summed E-state index contributed by atoms with van der Waals surface area (Å²) in [6.07, 6.45) is 0. The SMILES string of the molecule is CC(C)(C)c1cc2ccc3ccc4c(-c5cc(Cl)cc(-c6nc(-c7ccccc7)nc(-c7ccccc7)n6)c5)cc5ccc6ccc1c1c6c5c4c3c21. The van der Waals surface area contributed by atoms with E-state index in [9.17, 15) is 0 Å². The van der Waals surface area contributed by atoms with Crippen molar-refractivity contribution in [2.24, 2.45) is 0 Å². The molecule has 0 saturated carbocycles. The summed E-state index contributed by atoms with van der Waals surface area (Å²) >= 11 is 7.03. The normalized spacial score (nSPS) is 12.5. The van der Waals surface area contributed by atoms with Crippen molar-refractivity contribution in [3.8, 4) is 45.3 Å². The van der Waals surface area contributed by atoms with Gasteiger partial charge in [0.15, 0.2) is 17.5 Å². The topological polar surface area (TPSA) is 38.7 Å². The van der Waals surface area contributed by atoms with Crippen LogP contribution in [0.4, 0.5) is 0 Å². The molecule has 1 aromatic heterocycles. The van der Waals surface area contributed by atoms with Crippen molar-refractivity contribution in [2.75, 3.05) is 0 Å². The molecule has 11 aromatic rings. The van der Waals surface area contributed by atoms with Crippen LogP contribution in [0.25, 0.3) is 110 Å². The van der Waals surface area contributed by atoms with Crippen molar-refractivity contribution in [2.45, 2.75) is 26.2 Å². The van der Waals surface area contributed by atoms with Gasteiger partial charge >= 0.3 is 0 Å². The van der Waals surface area contributed by atoms with Gasteiger partial charge in [0, 0.05) is 21.7 Å². The van der Waals surface area contributed by atoms with Crippen LogP contribution in [0.3, 0.4) is 0 Å². The van der Waals surface area contributed by atoms with E-state index < -0.39 is 0 Å². The number of hydrogen-bond acceptors (Lipinski definition) is 3. The van der Waals surface area contributed by atoms with Crippen molar-refractivity contribution in [1.82, 2.24) is 15.0 Å². The summed E-state index contributed by atoms with van der Waals surface area (Å²) in [5.74, 6) is 1.82. The van der Waals surface area contributed by atoms with E-state index in [1.54, 1.807) is 0 Å². The molecule has 0 atom stereocenters. The third-order valence-electron chi connectivity index (χ3n) is 11.1. The first-order valence-corrected chi connectivity index (χ1v) is 18.5. The minimum absolute atomic E-state index is 0.00734. The molecule has 0 spiro atoms. The summed E-state index contributed by atoms with van der Waals surface area (Å²) in [6.45, 7) is 6.97. The first kappa shape index (κ1) is 30.5. The smallest absolute Gasteiger partial charge is 0.164 e. The lowest BCUT2D eigenvalue weighted by Gasteiger charge is -2.27. The standard InChI is InChI=1S/C49H32ClN3/c1-49(2,3)39-26-32-17-15-27-18-20-36-38(25-31-16-14-28-19-21-37(39)45-41(28)42(31)44(36)40(27)43(32)45)33-22-34(24-35(50)23-33)48-52-46(29-10-6-4-7-11-29)51-47(53-48)30-12-8-5-9-13-30/h4-26H,1-3H3. The van der Waals surface area contributed by atoms with E-state index in [1.807, 2.05) is 66.7 Å². The van der Waals surface area contributed by atoms with Gasteiger partial charge in [-0.3, -0.25) is 0 Å². The Hall–Kier alpha value is -6.16. The highest BCUT2D eigenvalue weighted by Gasteiger charge is 2.26. The highest BCUT2D eigenvalue weighted by atomic mass is 35.5. The van der Waals surface area contributed by atoms with Crippen LogP contribution in [0.15, 0.2) is 140 Å². The van der Waals surface area contributed by atoms with Crippen molar-refractivity contribution < 1.29 is 0 Å². The first-order valence-electron chi connectivity index (χ1n) is 18.1. The molecule has 0 amide bonds. The number of nitrogens with zero attached hydrogens (tertiary/aromatic N) is 3. The molecule has 11 rings (SSSR count). The van der Waals surface area contributed by atoms with E-state index in [4.69, 9.17) is 26.6 Å². The molecule has 0 aliphatic heterocycles. The highest BCUT2D eigenvalue weighted by molar-refractivity contribution is 6.45. The minimum Gasteiger partial charge on any atom is -0.208 e. The van der Waals surface area contributed by atoms with Crippen LogP contribution < -0.4 is 0 Å². The molecule has 250 valence electrons. The molecular formula is C49H32ClN3. The summed E-state index contributed by atoms with van der Waals surface area (Å²) in [5, 5.41) is 16.4. The second kappa shape index (κ2) is 10.9. The van der Waals surface area contributed by atoms with Gasteiger partial charge < -0.3 is 0 Å². The number of hydrogen-bond donors (Lipinski definition) is 0. The Morgan fingerprint density at radius 1 is 0.396 bits per heavy atom. The molecular weight excluding hydrogens is 666 g/mol. The van der Waals surface area contributed by atoms with Crippen LogP contribution in [0, 0.1) is 0 Å². The van der Waals surface area contributed by atoms with Gasteiger partial charge in [-0.1, -0.05) is 142 Å². The molecule has 0 fully saturated rings. The maximum Gasteiger partial charge on any atom is 0.164 e. The lowest BCUT2D eigenvalue weighted by atomic mass is 9.76. The average Bonchev–Trinajstić information content (AvgIpc) is 3.19. The second-order valence-corrected chi connectivity index (χ2v) is 15.8. The fraction of sp³-hybridized carbons (Fsp3) is 0.0816. The lowest BCUT2D eigenvalue weighted by molar-refractivity contribution is 0.596. The summed E-state index contributed by atoms with van der Waals surface area (Å²) in [6, 6.07) is 49.6. The summed E-state index contributed by atoms with van der Waals surface area (Å²) in [7, 11) is 0. The van der Waals surface area contributed by atoms with E-state index >= 15 is 0 Å². The Morgan fingerprint density at radius 3 is 1.43 bits per heavy atom. The van der Waals surface area contributed by atoms with Crippen LogP contribution in [0.5, 0.6) is 0 Å². The van der Waals surface area contributed by atoms with Crippen LogP contribution in [0.1, 0.15) is 26.3 Å². The number of rotatable bonds is 4. The molecule has 1 heterocycles. The molecule has 4 heteroatoms. The molecule has 0 aliphatic carbocycles.